The van der Waals surface area contributed by atoms with Crippen LogP contribution < -0.4 is 10.2 Å². The Morgan fingerprint density at radius 1 is 1.50 bits per heavy atom. The molecule has 102 valence electrons. The van der Waals surface area contributed by atoms with Crippen LogP contribution in [0.5, 0.6) is 0 Å². The summed E-state index contributed by atoms with van der Waals surface area (Å²) in [5, 5.41) is 10.9. The topological polar surface area (TPSA) is 88.3 Å². The Balaban J connectivity index is 2.10. The molecular formula is C10H18N4O3S. The SMILES string of the molecule is CNC(C)c1nnc(N(C)C2CCS(=O)(=O)C2)o1. The first-order chi connectivity index (χ1) is 8.43. The third-order valence-electron chi connectivity index (χ3n) is 3.29. The molecule has 1 saturated heterocycles. The Hall–Kier alpha value is -1.15. The van der Waals surface area contributed by atoms with Crippen molar-refractivity contribution in [3.63, 3.8) is 0 Å². The highest BCUT2D eigenvalue weighted by Crippen LogP contribution is 2.23. The number of anilines is 1. The Kier molecular flexibility index (Phi) is 3.58. The van der Waals surface area contributed by atoms with Crippen LogP contribution in [0.4, 0.5) is 6.01 Å². The largest absolute Gasteiger partial charge is 0.406 e. The van der Waals surface area contributed by atoms with Gasteiger partial charge in [-0.05, 0) is 20.4 Å². The van der Waals surface area contributed by atoms with Gasteiger partial charge < -0.3 is 14.6 Å². The number of hydrogen-bond acceptors (Lipinski definition) is 7. The van der Waals surface area contributed by atoms with E-state index in [0.717, 1.165) is 0 Å². The molecule has 1 aromatic rings. The average molecular weight is 274 g/mol. The van der Waals surface area contributed by atoms with Gasteiger partial charge in [-0.3, -0.25) is 0 Å². The van der Waals surface area contributed by atoms with Gasteiger partial charge in [0.05, 0.1) is 17.5 Å². The van der Waals surface area contributed by atoms with Gasteiger partial charge in [-0.25, -0.2) is 8.42 Å². The zero-order chi connectivity index (χ0) is 13.3. The van der Waals surface area contributed by atoms with Gasteiger partial charge in [0, 0.05) is 13.1 Å². The maximum absolute atomic E-state index is 11.4. The number of nitrogens with one attached hydrogen (secondary N) is 1. The number of sulfone groups is 1. The first-order valence-corrected chi connectivity index (χ1v) is 7.69. The normalized spacial score (nSPS) is 24.1. The maximum atomic E-state index is 11.4. The molecule has 8 heteroatoms. The molecule has 1 aliphatic rings. The molecule has 0 radical (unpaired) electrons. The fourth-order valence-electron chi connectivity index (χ4n) is 1.90. The molecule has 1 aliphatic heterocycles. The molecule has 0 amide bonds. The lowest BCUT2D eigenvalue weighted by Crippen LogP contribution is -2.32. The minimum absolute atomic E-state index is 0.0213. The predicted octanol–water partition coefficient (Wildman–Crippen LogP) is -0.0267. The van der Waals surface area contributed by atoms with E-state index >= 15 is 0 Å². The maximum Gasteiger partial charge on any atom is 0.318 e. The summed E-state index contributed by atoms with van der Waals surface area (Å²) < 4.78 is 28.4. The van der Waals surface area contributed by atoms with E-state index < -0.39 is 9.84 Å². The fraction of sp³-hybridized carbons (Fsp3) is 0.800. The van der Waals surface area contributed by atoms with Crippen LogP contribution in [0, 0.1) is 0 Å². The minimum Gasteiger partial charge on any atom is -0.406 e. The lowest BCUT2D eigenvalue weighted by Gasteiger charge is -2.20. The first kappa shape index (κ1) is 13.3. The van der Waals surface area contributed by atoms with Crippen molar-refractivity contribution in [1.29, 1.82) is 0 Å². The first-order valence-electron chi connectivity index (χ1n) is 5.87. The van der Waals surface area contributed by atoms with Crippen molar-refractivity contribution in [2.24, 2.45) is 0 Å². The number of aromatic nitrogens is 2. The Labute approximate surface area is 106 Å². The molecule has 0 saturated carbocycles. The van der Waals surface area contributed by atoms with E-state index in [1.807, 2.05) is 14.0 Å². The van der Waals surface area contributed by atoms with Crippen molar-refractivity contribution in [2.75, 3.05) is 30.5 Å². The molecule has 1 N–H and O–H groups in total. The van der Waals surface area contributed by atoms with Gasteiger partial charge in [0.2, 0.25) is 5.89 Å². The second-order valence-corrected chi connectivity index (χ2v) is 6.83. The van der Waals surface area contributed by atoms with Crippen LogP contribution >= 0.6 is 0 Å². The van der Waals surface area contributed by atoms with Crippen LogP contribution in [-0.2, 0) is 9.84 Å². The van der Waals surface area contributed by atoms with Gasteiger partial charge in [0.15, 0.2) is 9.84 Å². The van der Waals surface area contributed by atoms with Gasteiger partial charge in [-0.2, -0.15) is 0 Å². The molecule has 1 fully saturated rings. The van der Waals surface area contributed by atoms with E-state index in [-0.39, 0.29) is 23.6 Å². The van der Waals surface area contributed by atoms with E-state index in [9.17, 15) is 8.42 Å². The van der Waals surface area contributed by atoms with E-state index in [4.69, 9.17) is 4.42 Å². The van der Waals surface area contributed by atoms with Gasteiger partial charge in [-0.15, -0.1) is 5.10 Å². The van der Waals surface area contributed by atoms with Gasteiger partial charge >= 0.3 is 6.01 Å². The summed E-state index contributed by atoms with van der Waals surface area (Å²) in [4.78, 5) is 1.75. The monoisotopic (exact) mass is 274 g/mol. The Morgan fingerprint density at radius 2 is 2.22 bits per heavy atom. The van der Waals surface area contributed by atoms with Gasteiger partial charge in [0.25, 0.3) is 0 Å². The molecule has 2 unspecified atom stereocenters. The molecule has 2 atom stereocenters. The molecule has 0 spiro atoms. The number of rotatable bonds is 4. The lowest BCUT2D eigenvalue weighted by molar-refractivity contribution is 0.427. The van der Waals surface area contributed by atoms with Crippen LogP contribution in [-0.4, -0.2) is 50.3 Å². The van der Waals surface area contributed by atoms with E-state index in [1.165, 1.54) is 0 Å². The second kappa shape index (κ2) is 4.85. The fourth-order valence-corrected chi connectivity index (χ4v) is 3.68. The lowest BCUT2D eigenvalue weighted by atomic mass is 10.2. The molecule has 18 heavy (non-hydrogen) atoms. The highest BCUT2D eigenvalue weighted by Gasteiger charge is 2.32. The highest BCUT2D eigenvalue weighted by atomic mass is 32.2. The van der Waals surface area contributed by atoms with Crippen molar-refractivity contribution < 1.29 is 12.8 Å². The van der Waals surface area contributed by atoms with Crippen molar-refractivity contribution in [3.05, 3.63) is 5.89 Å². The summed E-state index contributed by atoms with van der Waals surface area (Å²) in [6, 6.07) is 0.273. The predicted molar refractivity (Wildman–Crippen MR) is 67.2 cm³/mol. The Bertz CT molecular complexity index is 513. The summed E-state index contributed by atoms with van der Waals surface area (Å²) in [6.45, 7) is 1.91. The standard InChI is InChI=1S/C10H18N4O3S/c1-7(11-2)9-12-13-10(17-9)14(3)8-4-5-18(15,16)6-8/h7-8,11H,4-6H2,1-3H3. The summed E-state index contributed by atoms with van der Waals surface area (Å²) in [7, 11) is 0.685. The van der Waals surface area contributed by atoms with Crippen LogP contribution in [0.1, 0.15) is 25.3 Å². The van der Waals surface area contributed by atoms with E-state index in [2.05, 4.69) is 15.5 Å². The molecule has 0 bridgehead atoms. The third kappa shape index (κ3) is 2.64. The van der Waals surface area contributed by atoms with Crippen LogP contribution in [0.2, 0.25) is 0 Å². The van der Waals surface area contributed by atoms with Crippen molar-refractivity contribution >= 4 is 15.9 Å². The summed E-state index contributed by atoms with van der Waals surface area (Å²) in [5.41, 5.74) is 0. The van der Waals surface area contributed by atoms with Gasteiger partial charge in [-0.1, -0.05) is 5.10 Å². The Morgan fingerprint density at radius 3 is 2.78 bits per heavy atom. The number of hydrogen-bond donors (Lipinski definition) is 1. The van der Waals surface area contributed by atoms with Crippen molar-refractivity contribution in [3.8, 4) is 0 Å². The quantitative estimate of drug-likeness (QED) is 0.825. The van der Waals surface area contributed by atoms with Crippen molar-refractivity contribution in [1.82, 2.24) is 15.5 Å². The zero-order valence-corrected chi connectivity index (χ0v) is 11.6. The van der Waals surface area contributed by atoms with Crippen molar-refractivity contribution in [2.45, 2.75) is 25.4 Å². The molecular weight excluding hydrogens is 256 g/mol. The summed E-state index contributed by atoms with van der Waals surface area (Å²) >= 11 is 0. The second-order valence-electron chi connectivity index (χ2n) is 4.60. The van der Waals surface area contributed by atoms with Crippen LogP contribution in [0.25, 0.3) is 0 Å². The summed E-state index contributed by atoms with van der Waals surface area (Å²) in [6.07, 6.45) is 0.609. The molecule has 7 nitrogen and oxygen atoms in total. The van der Waals surface area contributed by atoms with Crippen LogP contribution in [0.15, 0.2) is 4.42 Å². The van der Waals surface area contributed by atoms with Crippen LogP contribution in [0.3, 0.4) is 0 Å². The minimum atomic E-state index is -2.91. The molecule has 2 heterocycles. The third-order valence-corrected chi connectivity index (χ3v) is 5.04. The average Bonchev–Trinajstić information content (AvgIpc) is 2.93. The molecule has 0 aromatic carbocycles. The summed E-state index contributed by atoms with van der Waals surface area (Å²) in [5.74, 6) is 0.888. The smallest absolute Gasteiger partial charge is 0.318 e. The van der Waals surface area contributed by atoms with E-state index in [0.29, 0.717) is 18.3 Å². The highest BCUT2D eigenvalue weighted by molar-refractivity contribution is 7.91. The van der Waals surface area contributed by atoms with Gasteiger partial charge in [0.1, 0.15) is 0 Å². The molecule has 1 aromatic heterocycles. The molecule has 0 aliphatic carbocycles. The van der Waals surface area contributed by atoms with E-state index in [1.54, 1.807) is 11.9 Å². The zero-order valence-electron chi connectivity index (χ0n) is 10.8. The number of nitrogens with zero attached hydrogens (tertiary/aromatic N) is 3. The molecule has 2 rings (SSSR count).